The van der Waals surface area contributed by atoms with Gasteiger partial charge < -0.3 is 10.6 Å². The lowest BCUT2D eigenvalue weighted by Gasteiger charge is -2.09. The highest BCUT2D eigenvalue weighted by Gasteiger charge is 2.08. The van der Waals surface area contributed by atoms with Crippen LogP contribution in [-0.2, 0) is 0 Å². The van der Waals surface area contributed by atoms with E-state index in [9.17, 15) is 4.79 Å². The summed E-state index contributed by atoms with van der Waals surface area (Å²) in [7, 11) is 0. The van der Waals surface area contributed by atoms with Gasteiger partial charge in [-0.25, -0.2) is 9.97 Å². The normalized spacial score (nSPS) is 10.6. The predicted octanol–water partition coefficient (Wildman–Crippen LogP) is 3.57. The van der Waals surface area contributed by atoms with Crippen LogP contribution >= 0.6 is 11.6 Å². The molecule has 2 aromatic rings. The van der Waals surface area contributed by atoms with Crippen LogP contribution in [0.3, 0.4) is 0 Å². The number of hydrogen-bond acceptors (Lipinski definition) is 4. The van der Waals surface area contributed by atoms with Gasteiger partial charge in [0.05, 0.1) is 5.56 Å². The summed E-state index contributed by atoms with van der Waals surface area (Å²) in [5.74, 6) is 0.674. The van der Waals surface area contributed by atoms with Crippen LogP contribution in [0.4, 0.5) is 11.6 Å². The smallest absolute Gasteiger partial charge is 0.254 e. The standard InChI is InChI=1S/C16H19ClN4O/c1-10(2)7-18-15(22)12-8-19-16(20-9-12)21-14-5-4-13(17)6-11(14)3/h4-6,8-10H,7H2,1-3H3,(H,18,22)(H,19,20,21). The summed E-state index contributed by atoms with van der Waals surface area (Å²) in [6.45, 7) is 6.65. The molecule has 0 bridgehead atoms. The van der Waals surface area contributed by atoms with Gasteiger partial charge in [-0.3, -0.25) is 4.79 Å². The van der Waals surface area contributed by atoms with Gasteiger partial charge in [-0.2, -0.15) is 0 Å². The summed E-state index contributed by atoms with van der Waals surface area (Å²) in [6, 6.07) is 5.52. The molecule has 1 aromatic heterocycles. The molecule has 22 heavy (non-hydrogen) atoms. The number of benzene rings is 1. The summed E-state index contributed by atoms with van der Waals surface area (Å²) in [5.41, 5.74) is 2.32. The van der Waals surface area contributed by atoms with Crippen LogP contribution in [0.5, 0.6) is 0 Å². The summed E-state index contributed by atoms with van der Waals surface area (Å²) < 4.78 is 0. The van der Waals surface area contributed by atoms with E-state index < -0.39 is 0 Å². The van der Waals surface area contributed by atoms with E-state index in [1.54, 1.807) is 6.07 Å². The van der Waals surface area contributed by atoms with Crippen LogP contribution in [0.2, 0.25) is 5.02 Å². The molecule has 0 aliphatic carbocycles. The highest BCUT2D eigenvalue weighted by molar-refractivity contribution is 6.30. The van der Waals surface area contributed by atoms with E-state index in [1.807, 2.05) is 32.9 Å². The summed E-state index contributed by atoms with van der Waals surface area (Å²) in [5, 5.41) is 6.61. The minimum absolute atomic E-state index is 0.164. The van der Waals surface area contributed by atoms with Crippen LogP contribution in [0.1, 0.15) is 29.8 Å². The highest BCUT2D eigenvalue weighted by Crippen LogP contribution is 2.21. The summed E-state index contributed by atoms with van der Waals surface area (Å²) >= 11 is 5.92. The number of hydrogen-bond donors (Lipinski definition) is 2. The Balaban J connectivity index is 2.04. The third-order valence-electron chi connectivity index (χ3n) is 3.02. The first-order valence-corrected chi connectivity index (χ1v) is 7.47. The van der Waals surface area contributed by atoms with E-state index in [-0.39, 0.29) is 5.91 Å². The molecule has 6 heteroatoms. The van der Waals surface area contributed by atoms with Crippen LogP contribution in [0.25, 0.3) is 0 Å². The average Bonchev–Trinajstić information content (AvgIpc) is 2.48. The molecule has 1 heterocycles. The van der Waals surface area contributed by atoms with Crippen molar-refractivity contribution in [3.05, 3.63) is 46.7 Å². The molecule has 0 aliphatic rings. The van der Waals surface area contributed by atoms with Crippen molar-refractivity contribution in [3.8, 4) is 0 Å². The lowest BCUT2D eigenvalue weighted by Crippen LogP contribution is -2.27. The molecule has 1 aromatic carbocycles. The fourth-order valence-electron chi connectivity index (χ4n) is 1.80. The first-order chi connectivity index (χ1) is 10.5. The lowest BCUT2D eigenvalue weighted by atomic mass is 10.2. The van der Waals surface area contributed by atoms with Gasteiger partial charge in [0.2, 0.25) is 5.95 Å². The Hall–Kier alpha value is -2.14. The zero-order valence-electron chi connectivity index (χ0n) is 12.9. The Labute approximate surface area is 135 Å². The lowest BCUT2D eigenvalue weighted by molar-refractivity contribution is 0.0948. The highest BCUT2D eigenvalue weighted by atomic mass is 35.5. The first kappa shape index (κ1) is 16.2. The van der Waals surface area contributed by atoms with Crippen molar-refractivity contribution in [2.75, 3.05) is 11.9 Å². The van der Waals surface area contributed by atoms with E-state index >= 15 is 0 Å². The summed E-state index contributed by atoms with van der Waals surface area (Å²) in [6.07, 6.45) is 3.02. The monoisotopic (exact) mass is 318 g/mol. The van der Waals surface area contributed by atoms with Gasteiger partial charge in [0.15, 0.2) is 0 Å². The van der Waals surface area contributed by atoms with E-state index in [0.717, 1.165) is 11.3 Å². The molecular formula is C16H19ClN4O. The van der Waals surface area contributed by atoms with Gasteiger partial charge in [0.1, 0.15) is 0 Å². The Kier molecular flexibility index (Phi) is 5.33. The Morgan fingerprint density at radius 2 is 1.95 bits per heavy atom. The van der Waals surface area contributed by atoms with E-state index in [2.05, 4.69) is 20.6 Å². The van der Waals surface area contributed by atoms with Gasteiger partial charge >= 0.3 is 0 Å². The number of nitrogens with zero attached hydrogens (tertiary/aromatic N) is 2. The number of aryl methyl sites for hydroxylation is 1. The van der Waals surface area contributed by atoms with Crippen molar-refractivity contribution >= 4 is 29.1 Å². The topological polar surface area (TPSA) is 66.9 Å². The third-order valence-corrected chi connectivity index (χ3v) is 3.25. The maximum Gasteiger partial charge on any atom is 0.254 e. The number of halogens is 1. The molecule has 0 saturated heterocycles. The Morgan fingerprint density at radius 1 is 1.27 bits per heavy atom. The number of amides is 1. The molecule has 1 amide bonds. The minimum Gasteiger partial charge on any atom is -0.352 e. The first-order valence-electron chi connectivity index (χ1n) is 7.09. The van der Waals surface area contributed by atoms with Crippen molar-refractivity contribution in [2.45, 2.75) is 20.8 Å². The van der Waals surface area contributed by atoms with Gasteiger partial charge in [-0.1, -0.05) is 25.4 Å². The number of anilines is 2. The largest absolute Gasteiger partial charge is 0.352 e. The fraction of sp³-hybridized carbons (Fsp3) is 0.312. The number of carbonyl (C=O) groups excluding carboxylic acids is 1. The fourth-order valence-corrected chi connectivity index (χ4v) is 2.02. The second kappa shape index (κ2) is 7.22. The second-order valence-corrected chi connectivity index (χ2v) is 5.92. The van der Waals surface area contributed by atoms with Crippen molar-refractivity contribution in [1.29, 1.82) is 0 Å². The molecular weight excluding hydrogens is 300 g/mol. The summed E-state index contributed by atoms with van der Waals surface area (Å²) in [4.78, 5) is 20.2. The second-order valence-electron chi connectivity index (χ2n) is 5.48. The zero-order chi connectivity index (χ0) is 16.1. The number of rotatable bonds is 5. The molecule has 0 fully saturated rings. The van der Waals surface area contributed by atoms with Crippen molar-refractivity contribution in [2.24, 2.45) is 5.92 Å². The molecule has 0 aliphatic heterocycles. The minimum atomic E-state index is -0.164. The van der Waals surface area contributed by atoms with Gasteiger partial charge in [0.25, 0.3) is 5.91 Å². The Bertz CT molecular complexity index is 656. The Morgan fingerprint density at radius 3 is 2.55 bits per heavy atom. The molecule has 0 radical (unpaired) electrons. The van der Waals surface area contributed by atoms with Crippen LogP contribution in [-0.4, -0.2) is 22.4 Å². The molecule has 0 atom stereocenters. The molecule has 0 unspecified atom stereocenters. The van der Waals surface area contributed by atoms with E-state index in [0.29, 0.717) is 29.0 Å². The molecule has 0 spiro atoms. The van der Waals surface area contributed by atoms with Crippen molar-refractivity contribution in [1.82, 2.24) is 15.3 Å². The van der Waals surface area contributed by atoms with E-state index in [1.165, 1.54) is 12.4 Å². The van der Waals surface area contributed by atoms with Gasteiger partial charge in [-0.15, -0.1) is 0 Å². The maximum atomic E-state index is 11.9. The van der Waals surface area contributed by atoms with Gasteiger partial charge in [-0.05, 0) is 36.6 Å². The molecule has 2 N–H and O–H groups in total. The predicted molar refractivity (Wildman–Crippen MR) is 88.7 cm³/mol. The molecule has 2 rings (SSSR count). The quantitative estimate of drug-likeness (QED) is 0.884. The SMILES string of the molecule is Cc1cc(Cl)ccc1Nc1ncc(C(=O)NCC(C)C)cn1. The molecule has 5 nitrogen and oxygen atoms in total. The van der Waals surface area contributed by atoms with E-state index in [4.69, 9.17) is 11.6 Å². The maximum absolute atomic E-state index is 11.9. The number of carbonyl (C=O) groups is 1. The van der Waals surface area contributed by atoms with Crippen LogP contribution in [0, 0.1) is 12.8 Å². The van der Waals surface area contributed by atoms with Crippen molar-refractivity contribution in [3.63, 3.8) is 0 Å². The number of nitrogens with one attached hydrogen (secondary N) is 2. The molecule has 116 valence electrons. The third kappa shape index (κ3) is 4.43. The van der Waals surface area contributed by atoms with Crippen molar-refractivity contribution < 1.29 is 4.79 Å². The van der Waals surface area contributed by atoms with Crippen LogP contribution in [0.15, 0.2) is 30.6 Å². The van der Waals surface area contributed by atoms with Gasteiger partial charge in [0, 0.05) is 29.6 Å². The average molecular weight is 319 g/mol. The molecule has 0 saturated carbocycles. The number of aromatic nitrogens is 2. The zero-order valence-corrected chi connectivity index (χ0v) is 13.6. The van der Waals surface area contributed by atoms with Crippen LogP contribution < -0.4 is 10.6 Å².